The highest BCUT2D eigenvalue weighted by atomic mass is 31.0. The summed E-state index contributed by atoms with van der Waals surface area (Å²) in [5, 5.41) is 0. The van der Waals surface area contributed by atoms with Crippen LogP contribution in [-0.2, 0) is 0 Å². The molecule has 1 aromatic carbocycles. The van der Waals surface area contributed by atoms with Gasteiger partial charge in [0.25, 0.3) is 0 Å². The van der Waals surface area contributed by atoms with Gasteiger partial charge in [0, 0.05) is 0 Å². The van der Waals surface area contributed by atoms with Gasteiger partial charge in [0.2, 0.25) is 0 Å². The smallest absolute Gasteiger partial charge is 0.164 e. The van der Waals surface area contributed by atoms with E-state index in [1.54, 1.807) is 0 Å². The molecule has 0 spiro atoms. The molecular weight excluding hydrogens is 171 g/mol. The Bertz CT molecular complexity index is 261. The molecule has 0 heterocycles. The first-order valence-corrected chi connectivity index (χ1v) is 4.35. The van der Waals surface area contributed by atoms with E-state index in [0.29, 0.717) is 6.61 Å². The molecule has 0 fully saturated rings. The average Bonchev–Trinajstić information content (AvgIpc) is 2.05. The molecule has 0 aliphatic carbocycles. The van der Waals surface area contributed by atoms with E-state index in [2.05, 4.69) is 9.47 Å². The van der Waals surface area contributed by atoms with Crippen LogP contribution < -0.4 is 9.26 Å². The zero-order valence-corrected chi connectivity index (χ0v) is 8.49. The minimum absolute atomic E-state index is 0.657. The molecule has 1 atom stereocenters. The molecule has 3 heteroatoms. The van der Waals surface area contributed by atoms with Crippen molar-refractivity contribution in [3.8, 4) is 11.5 Å². The van der Waals surface area contributed by atoms with Crippen molar-refractivity contribution in [2.24, 2.45) is 0 Å². The van der Waals surface area contributed by atoms with Gasteiger partial charge in [-0.1, -0.05) is 6.07 Å². The number of hydrogen-bond acceptors (Lipinski definition) is 2. The summed E-state index contributed by atoms with van der Waals surface area (Å²) in [6.07, 6.45) is 0. The van der Waals surface area contributed by atoms with Crippen molar-refractivity contribution >= 4 is 9.47 Å². The minimum atomic E-state index is 0.657. The van der Waals surface area contributed by atoms with Crippen molar-refractivity contribution < 1.29 is 9.26 Å². The van der Waals surface area contributed by atoms with Gasteiger partial charge < -0.3 is 9.26 Å². The standard InChI is InChI=1S/C9H13O2P/c1-3-10-9-6-7(2)4-5-8(9)11-12/h4-6H,3,12H2,1-2H3. The highest BCUT2D eigenvalue weighted by Gasteiger charge is 2.02. The maximum absolute atomic E-state index is 5.37. The highest BCUT2D eigenvalue weighted by molar-refractivity contribution is 7.10. The Morgan fingerprint density at radius 2 is 2.08 bits per heavy atom. The van der Waals surface area contributed by atoms with Gasteiger partial charge in [0.15, 0.2) is 11.5 Å². The van der Waals surface area contributed by atoms with E-state index in [4.69, 9.17) is 9.26 Å². The number of benzene rings is 1. The first kappa shape index (κ1) is 9.34. The number of hydrogen-bond donors (Lipinski definition) is 0. The van der Waals surface area contributed by atoms with Gasteiger partial charge >= 0.3 is 0 Å². The SMILES string of the molecule is CCOc1cc(C)ccc1OP. The van der Waals surface area contributed by atoms with Gasteiger partial charge in [-0.15, -0.1) is 0 Å². The molecule has 0 saturated heterocycles. The Labute approximate surface area is 75.2 Å². The quantitative estimate of drug-likeness (QED) is 0.672. The van der Waals surface area contributed by atoms with E-state index in [0.717, 1.165) is 11.5 Å². The third-order valence-electron chi connectivity index (χ3n) is 1.53. The molecular formula is C9H13O2P. The van der Waals surface area contributed by atoms with E-state index < -0.39 is 0 Å². The number of ether oxygens (including phenoxy) is 1. The fraction of sp³-hybridized carbons (Fsp3) is 0.333. The first-order valence-electron chi connectivity index (χ1n) is 3.88. The van der Waals surface area contributed by atoms with E-state index in [1.807, 2.05) is 32.0 Å². The van der Waals surface area contributed by atoms with Crippen molar-refractivity contribution in [3.05, 3.63) is 23.8 Å². The van der Waals surface area contributed by atoms with Crippen LogP contribution in [0, 0.1) is 6.92 Å². The van der Waals surface area contributed by atoms with E-state index in [9.17, 15) is 0 Å². The average molecular weight is 184 g/mol. The molecule has 0 bridgehead atoms. The molecule has 0 radical (unpaired) electrons. The van der Waals surface area contributed by atoms with E-state index >= 15 is 0 Å². The van der Waals surface area contributed by atoms with Gasteiger partial charge in [-0.2, -0.15) is 0 Å². The Hall–Kier alpha value is -0.750. The Morgan fingerprint density at radius 3 is 2.67 bits per heavy atom. The Morgan fingerprint density at radius 1 is 1.33 bits per heavy atom. The second-order valence-electron chi connectivity index (χ2n) is 2.50. The first-order chi connectivity index (χ1) is 5.77. The molecule has 1 rings (SSSR count). The normalized spacial score (nSPS) is 9.58. The van der Waals surface area contributed by atoms with Crippen LogP contribution in [-0.4, -0.2) is 6.61 Å². The molecule has 12 heavy (non-hydrogen) atoms. The molecule has 0 N–H and O–H groups in total. The maximum atomic E-state index is 5.37. The monoisotopic (exact) mass is 184 g/mol. The summed E-state index contributed by atoms with van der Waals surface area (Å²) in [4.78, 5) is 0. The molecule has 66 valence electrons. The van der Waals surface area contributed by atoms with Crippen LogP contribution in [0.15, 0.2) is 18.2 Å². The summed E-state index contributed by atoms with van der Waals surface area (Å²) in [7, 11) is 2.21. The largest absolute Gasteiger partial charge is 0.490 e. The molecule has 0 amide bonds. The van der Waals surface area contributed by atoms with Gasteiger partial charge in [-0.05, 0) is 31.5 Å². The third kappa shape index (κ3) is 2.12. The van der Waals surface area contributed by atoms with Crippen molar-refractivity contribution in [2.45, 2.75) is 13.8 Å². The van der Waals surface area contributed by atoms with Crippen LogP contribution in [0.1, 0.15) is 12.5 Å². The van der Waals surface area contributed by atoms with Crippen LogP contribution in [0.5, 0.6) is 11.5 Å². The lowest BCUT2D eigenvalue weighted by Gasteiger charge is -2.08. The van der Waals surface area contributed by atoms with Crippen molar-refractivity contribution in [1.29, 1.82) is 0 Å². The molecule has 1 aromatic rings. The molecule has 1 unspecified atom stereocenters. The van der Waals surface area contributed by atoms with Crippen LogP contribution >= 0.6 is 9.47 Å². The van der Waals surface area contributed by atoms with E-state index in [-0.39, 0.29) is 0 Å². The zero-order chi connectivity index (χ0) is 8.97. The Balaban J connectivity index is 2.95. The lowest BCUT2D eigenvalue weighted by atomic mass is 10.2. The summed E-state index contributed by atoms with van der Waals surface area (Å²) in [5.74, 6) is 1.56. The predicted octanol–water partition coefficient (Wildman–Crippen LogP) is 2.56. The van der Waals surface area contributed by atoms with Gasteiger partial charge in [0.05, 0.1) is 16.1 Å². The van der Waals surface area contributed by atoms with Gasteiger partial charge in [0.1, 0.15) is 0 Å². The topological polar surface area (TPSA) is 18.5 Å². The lowest BCUT2D eigenvalue weighted by Crippen LogP contribution is -1.93. The Kier molecular flexibility index (Phi) is 3.36. The fourth-order valence-corrected chi connectivity index (χ4v) is 1.18. The van der Waals surface area contributed by atoms with E-state index in [1.165, 1.54) is 5.56 Å². The third-order valence-corrected chi connectivity index (χ3v) is 1.78. The van der Waals surface area contributed by atoms with Crippen molar-refractivity contribution in [1.82, 2.24) is 0 Å². The number of rotatable bonds is 3. The molecule has 0 aromatic heterocycles. The zero-order valence-electron chi connectivity index (χ0n) is 7.33. The summed E-state index contributed by atoms with van der Waals surface area (Å²) < 4.78 is 10.4. The van der Waals surface area contributed by atoms with Crippen LogP contribution in [0.3, 0.4) is 0 Å². The minimum Gasteiger partial charge on any atom is -0.490 e. The number of aryl methyl sites for hydroxylation is 1. The summed E-state index contributed by atoms with van der Waals surface area (Å²) in [6.45, 7) is 4.63. The highest BCUT2D eigenvalue weighted by Crippen LogP contribution is 2.29. The predicted molar refractivity (Wildman–Crippen MR) is 52.7 cm³/mol. The fourth-order valence-electron chi connectivity index (χ4n) is 0.981. The summed E-state index contributed by atoms with van der Waals surface area (Å²) in [6, 6.07) is 5.85. The summed E-state index contributed by atoms with van der Waals surface area (Å²) in [5.41, 5.74) is 1.17. The molecule has 0 aliphatic heterocycles. The van der Waals surface area contributed by atoms with Crippen molar-refractivity contribution in [3.63, 3.8) is 0 Å². The maximum Gasteiger partial charge on any atom is 0.164 e. The van der Waals surface area contributed by atoms with Crippen molar-refractivity contribution in [2.75, 3.05) is 6.61 Å². The second-order valence-corrected chi connectivity index (χ2v) is 2.74. The van der Waals surface area contributed by atoms with Crippen LogP contribution in [0.25, 0.3) is 0 Å². The second kappa shape index (κ2) is 4.32. The summed E-state index contributed by atoms with van der Waals surface area (Å²) >= 11 is 0. The van der Waals surface area contributed by atoms with Crippen LogP contribution in [0.2, 0.25) is 0 Å². The van der Waals surface area contributed by atoms with Gasteiger partial charge in [-0.3, -0.25) is 0 Å². The van der Waals surface area contributed by atoms with Gasteiger partial charge in [-0.25, -0.2) is 0 Å². The lowest BCUT2D eigenvalue weighted by molar-refractivity contribution is 0.330. The molecule has 2 nitrogen and oxygen atoms in total. The van der Waals surface area contributed by atoms with Crippen LogP contribution in [0.4, 0.5) is 0 Å². The molecule has 0 saturated carbocycles. The molecule has 0 aliphatic rings.